The topological polar surface area (TPSA) is 161 Å². The number of carbonyl (C=O) groups excluding carboxylic acids is 4. The lowest BCUT2D eigenvalue weighted by Crippen LogP contribution is -2.57. The molecule has 0 unspecified atom stereocenters. The fraction of sp³-hybridized carbons (Fsp3) is 0.605. The first-order valence-corrected chi connectivity index (χ1v) is 21.3. The summed E-state index contributed by atoms with van der Waals surface area (Å²) in [6.45, 7) is 10.3. The summed E-state index contributed by atoms with van der Waals surface area (Å²) in [7, 11) is 0. The van der Waals surface area contributed by atoms with Crippen LogP contribution in [0.5, 0.6) is 0 Å². The molecule has 5 heterocycles. The third-order valence-electron chi connectivity index (χ3n) is 12.3. The number of para-hydroxylation sites is 1. The predicted octanol–water partition coefficient (Wildman–Crippen LogP) is 4.76. The predicted molar refractivity (Wildman–Crippen MR) is 219 cm³/mol. The minimum Gasteiger partial charge on any atom is -0.465 e. The number of nitrogens with zero attached hydrogens (tertiary/aromatic N) is 5. The molecule has 0 spiro atoms. The van der Waals surface area contributed by atoms with E-state index in [1.807, 2.05) is 42.2 Å². The van der Waals surface area contributed by atoms with Crippen LogP contribution in [0.1, 0.15) is 75.0 Å². The number of anilines is 1. The summed E-state index contributed by atoms with van der Waals surface area (Å²) >= 11 is 0. The fourth-order valence-corrected chi connectivity index (χ4v) is 9.00. The molecule has 4 aliphatic heterocycles. The Morgan fingerprint density at radius 2 is 1.60 bits per heavy atom. The SMILES string of the molecule is CCCCCCOC(=O)CN1CCC(N2CCN(C(=O)[C@@H](Cc3cc(C)c4[nH]c(=O)oc4c3)OC(=O)N3CCC(N4CCc5ccccc5NC4=O)CC3)CC2)CC1. The number of esters is 1. The van der Waals surface area contributed by atoms with Crippen molar-refractivity contribution in [2.75, 3.05) is 77.4 Å². The van der Waals surface area contributed by atoms with E-state index in [0.29, 0.717) is 88.9 Å². The number of hydrogen-bond acceptors (Lipinski definition) is 10. The lowest BCUT2D eigenvalue weighted by Gasteiger charge is -2.43. The Bertz CT molecular complexity index is 1960. The Morgan fingerprint density at radius 1 is 0.862 bits per heavy atom. The summed E-state index contributed by atoms with van der Waals surface area (Å²) in [5, 5.41) is 3.05. The van der Waals surface area contributed by atoms with E-state index in [0.717, 1.165) is 80.4 Å². The van der Waals surface area contributed by atoms with Crippen molar-refractivity contribution in [3.8, 4) is 0 Å². The van der Waals surface area contributed by atoms with Gasteiger partial charge in [-0.15, -0.1) is 0 Å². The van der Waals surface area contributed by atoms with Gasteiger partial charge in [-0.1, -0.05) is 50.5 Å². The third kappa shape index (κ3) is 10.2. The molecule has 2 N–H and O–H groups in total. The third-order valence-corrected chi connectivity index (χ3v) is 12.3. The highest BCUT2D eigenvalue weighted by atomic mass is 16.6. The number of ether oxygens (including phenoxy) is 2. The standard InChI is InChI=1S/C43H59N7O8/c1-3-4-5-8-25-56-38(51)29-46-16-12-33(13-17-46)47-21-23-48(24-22-47)40(52)37(28-31-26-30(2)39-36(27-31)57-42(54)45-39)58-43(55)49-18-14-34(15-19-49)50-20-11-32-9-6-7-10-35(32)44-41(50)53/h6-7,9-10,26-27,33-34,37H,3-5,8,11-25,28-29H2,1-2H3,(H,44,53)(H,45,54)/t37-/m1/s1. The molecule has 1 atom stereocenters. The maximum Gasteiger partial charge on any atom is 0.417 e. The number of carbonyl (C=O) groups is 4. The van der Waals surface area contributed by atoms with Gasteiger partial charge in [-0.3, -0.25) is 24.4 Å². The van der Waals surface area contributed by atoms with Gasteiger partial charge in [0.05, 0.1) is 18.7 Å². The monoisotopic (exact) mass is 801 g/mol. The number of piperazine rings is 1. The Balaban J connectivity index is 0.933. The maximum atomic E-state index is 14.3. The Kier molecular flexibility index (Phi) is 13.7. The zero-order valence-electron chi connectivity index (χ0n) is 34.0. The van der Waals surface area contributed by atoms with Crippen LogP contribution in [0.2, 0.25) is 0 Å². The van der Waals surface area contributed by atoms with Crippen molar-refractivity contribution in [3.63, 3.8) is 0 Å². The molecule has 15 heteroatoms. The van der Waals surface area contributed by atoms with E-state index < -0.39 is 18.0 Å². The number of unbranched alkanes of at least 4 members (excludes halogenated alkanes) is 3. The first kappa shape index (κ1) is 41.3. The fourth-order valence-electron chi connectivity index (χ4n) is 9.00. The number of rotatable bonds is 13. The van der Waals surface area contributed by atoms with Gasteiger partial charge in [0.25, 0.3) is 5.91 Å². The molecule has 15 nitrogen and oxygen atoms in total. The van der Waals surface area contributed by atoms with Crippen LogP contribution >= 0.6 is 0 Å². The number of fused-ring (bicyclic) bond motifs is 2. The molecule has 7 rings (SSSR count). The van der Waals surface area contributed by atoms with E-state index in [1.54, 1.807) is 15.9 Å². The number of urea groups is 1. The largest absolute Gasteiger partial charge is 0.465 e. The Labute approximate surface area is 339 Å². The number of aryl methyl sites for hydroxylation is 1. The molecule has 0 aliphatic carbocycles. The molecule has 58 heavy (non-hydrogen) atoms. The minimum atomic E-state index is -1.08. The smallest absolute Gasteiger partial charge is 0.417 e. The highest BCUT2D eigenvalue weighted by Gasteiger charge is 2.37. The van der Waals surface area contributed by atoms with E-state index in [1.165, 1.54) is 0 Å². The molecule has 314 valence electrons. The zero-order chi connectivity index (χ0) is 40.6. The van der Waals surface area contributed by atoms with Gasteiger partial charge >= 0.3 is 23.8 Å². The molecule has 0 saturated carbocycles. The van der Waals surface area contributed by atoms with Crippen molar-refractivity contribution in [2.24, 2.45) is 0 Å². The van der Waals surface area contributed by atoms with Crippen LogP contribution in [0.4, 0.5) is 15.3 Å². The number of aromatic amines is 1. The van der Waals surface area contributed by atoms with Crippen molar-refractivity contribution >= 4 is 40.8 Å². The van der Waals surface area contributed by atoms with Crippen LogP contribution in [-0.2, 0) is 31.9 Å². The number of benzene rings is 2. The van der Waals surface area contributed by atoms with E-state index in [9.17, 15) is 24.0 Å². The average molecular weight is 802 g/mol. The number of nitrogens with one attached hydrogen (secondary N) is 2. The molecule has 0 bridgehead atoms. The maximum absolute atomic E-state index is 14.3. The number of aromatic nitrogens is 1. The molecule has 4 amide bonds. The normalized spacial score (nSPS) is 19.4. The van der Waals surface area contributed by atoms with Crippen molar-refractivity contribution in [2.45, 2.75) is 96.2 Å². The Hall–Kier alpha value is -4.89. The molecule has 2 aromatic carbocycles. The van der Waals surface area contributed by atoms with Crippen molar-refractivity contribution in [1.29, 1.82) is 0 Å². The van der Waals surface area contributed by atoms with Crippen molar-refractivity contribution in [3.05, 3.63) is 63.6 Å². The number of hydrogen-bond donors (Lipinski definition) is 2. The van der Waals surface area contributed by atoms with Gasteiger partial charge in [0.1, 0.15) is 0 Å². The summed E-state index contributed by atoms with van der Waals surface area (Å²) in [6, 6.07) is 11.7. The minimum absolute atomic E-state index is 0.0216. The molecule has 3 fully saturated rings. The van der Waals surface area contributed by atoms with Gasteiger partial charge in [0.15, 0.2) is 11.7 Å². The number of oxazole rings is 1. The Morgan fingerprint density at radius 3 is 2.36 bits per heavy atom. The number of piperidine rings is 2. The second-order valence-electron chi connectivity index (χ2n) is 16.3. The quantitative estimate of drug-likeness (QED) is 0.182. The molecular formula is C43H59N7O8. The molecule has 4 aliphatic rings. The lowest BCUT2D eigenvalue weighted by atomic mass is 10.0. The van der Waals surface area contributed by atoms with Gasteiger partial charge in [-0.05, 0) is 74.3 Å². The van der Waals surface area contributed by atoms with Gasteiger partial charge in [-0.2, -0.15) is 0 Å². The van der Waals surface area contributed by atoms with E-state index >= 15 is 0 Å². The summed E-state index contributed by atoms with van der Waals surface area (Å²) in [4.78, 5) is 78.2. The summed E-state index contributed by atoms with van der Waals surface area (Å²) < 4.78 is 16.9. The van der Waals surface area contributed by atoms with Crippen LogP contribution in [-0.4, -0.2) is 144 Å². The highest BCUT2D eigenvalue weighted by Crippen LogP contribution is 2.26. The molecule has 1 aromatic heterocycles. The van der Waals surface area contributed by atoms with Gasteiger partial charge < -0.3 is 33.9 Å². The molecular weight excluding hydrogens is 743 g/mol. The lowest BCUT2D eigenvalue weighted by molar-refractivity contribution is -0.145. The molecule has 3 saturated heterocycles. The van der Waals surface area contributed by atoms with E-state index in [2.05, 4.69) is 27.0 Å². The molecule has 3 aromatic rings. The first-order chi connectivity index (χ1) is 28.1. The summed E-state index contributed by atoms with van der Waals surface area (Å²) in [6.07, 6.45) is 6.65. The second kappa shape index (κ2) is 19.2. The van der Waals surface area contributed by atoms with E-state index in [4.69, 9.17) is 13.9 Å². The second-order valence-corrected chi connectivity index (χ2v) is 16.3. The number of likely N-dealkylation sites (tertiary alicyclic amines) is 2. The van der Waals surface area contributed by atoms with Crippen molar-refractivity contribution < 1.29 is 33.1 Å². The van der Waals surface area contributed by atoms with Crippen LogP contribution in [0, 0.1) is 6.92 Å². The van der Waals surface area contributed by atoms with Crippen LogP contribution in [0.25, 0.3) is 11.1 Å². The zero-order valence-corrected chi connectivity index (χ0v) is 34.0. The first-order valence-electron chi connectivity index (χ1n) is 21.3. The molecule has 0 radical (unpaired) electrons. The van der Waals surface area contributed by atoms with Crippen LogP contribution < -0.4 is 11.1 Å². The average Bonchev–Trinajstić information content (AvgIpc) is 3.53. The van der Waals surface area contributed by atoms with Gasteiger partial charge in [-0.25, -0.2) is 14.4 Å². The van der Waals surface area contributed by atoms with Gasteiger partial charge in [0.2, 0.25) is 0 Å². The van der Waals surface area contributed by atoms with Crippen LogP contribution in [0.3, 0.4) is 0 Å². The van der Waals surface area contributed by atoms with Crippen LogP contribution in [0.15, 0.2) is 45.6 Å². The number of H-pyrrole nitrogens is 1. The summed E-state index contributed by atoms with van der Waals surface area (Å²) in [5.41, 5.74) is 4.44. The van der Waals surface area contributed by atoms with E-state index in [-0.39, 0.29) is 30.4 Å². The highest BCUT2D eigenvalue weighted by molar-refractivity contribution is 5.91. The van der Waals surface area contributed by atoms with Crippen molar-refractivity contribution in [1.82, 2.24) is 29.5 Å². The van der Waals surface area contributed by atoms with Gasteiger partial charge in [0, 0.05) is 83.1 Å². The summed E-state index contributed by atoms with van der Waals surface area (Å²) in [5.74, 6) is -0.956. The number of amides is 4.